The SMILES string of the molecule is CC(=O)N1c2ccc(-c3cnn(CCS(C)(=O)=O)c3)c(O/C=C/[C@H]3CCC(=O)N3)c2CC[C@@H]1C. The second-order valence-corrected chi connectivity index (χ2v) is 11.3. The fraction of sp³-hybridized carbons (Fsp3) is 0.458. The number of hydrogen-bond donors (Lipinski definition) is 1. The highest BCUT2D eigenvalue weighted by molar-refractivity contribution is 7.90. The van der Waals surface area contributed by atoms with Crippen LogP contribution in [0.4, 0.5) is 5.69 Å². The number of hydrogen-bond acceptors (Lipinski definition) is 6. The molecule has 2 amide bonds. The van der Waals surface area contributed by atoms with Crippen LogP contribution in [0.3, 0.4) is 0 Å². The number of aryl methyl sites for hydroxylation is 1. The van der Waals surface area contributed by atoms with Gasteiger partial charge in [0.05, 0.1) is 36.5 Å². The maximum atomic E-state index is 12.4. The summed E-state index contributed by atoms with van der Waals surface area (Å²) in [6, 6.07) is 3.86. The van der Waals surface area contributed by atoms with Crippen molar-refractivity contribution in [2.75, 3.05) is 16.9 Å². The van der Waals surface area contributed by atoms with E-state index in [0.29, 0.717) is 12.2 Å². The molecule has 1 saturated heterocycles. The Balaban J connectivity index is 1.70. The molecule has 0 bridgehead atoms. The molecule has 0 saturated carbocycles. The summed E-state index contributed by atoms with van der Waals surface area (Å²) in [5, 5.41) is 7.21. The molecule has 1 fully saturated rings. The van der Waals surface area contributed by atoms with E-state index in [0.717, 1.165) is 41.6 Å². The van der Waals surface area contributed by atoms with Crippen LogP contribution >= 0.6 is 0 Å². The molecule has 10 heteroatoms. The molecule has 2 atom stereocenters. The Morgan fingerprint density at radius 3 is 2.76 bits per heavy atom. The van der Waals surface area contributed by atoms with Crippen LogP contribution in [0, 0.1) is 0 Å². The highest BCUT2D eigenvalue weighted by atomic mass is 32.2. The molecule has 1 aromatic carbocycles. The third kappa shape index (κ3) is 5.32. The van der Waals surface area contributed by atoms with Gasteiger partial charge in [0.25, 0.3) is 0 Å². The summed E-state index contributed by atoms with van der Waals surface area (Å²) in [5.74, 6) is 0.645. The smallest absolute Gasteiger partial charge is 0.224 e. The van der Waals surface area contributed by atoms with Crippen molar-refractivity contribution in [1.82, 2.24) is 15.1 Å². The Kier molecular flexibility index (Phi) is 6.79. The van der Waals surface area contributed by atoms with Crippen molar-refractivity contribution in [3.05, 3.63) is 42.4 Å². The van der Waals surface area contributed by atoms with Gasteiger partial charge in [-0.2, -0.15) is 5.10 Å². The van der Waals surface area contributed by atoms with Crippen LogP contribution in [0.25, 0.3) is 11.1 Å². The number of carbonyl (C=O) groups is 2. The van der Waals surface area contributed by atoms with E-state index in [4.69, 9.17) is 4.74 Å². The van der Waals surface area contributed by atoms with E-state index in [2.05, 4.69) is 10.4 Å². The first kappa shape index (κ1) is 24.0. The van der Waals surface area contributed by atoms with Crippen molar-refractivity contribution in [2.24, 2.45) is 0 Å². The lowest BCUT2D eigenvalue weighted by Crippen LogP contribution is -2.40. The van der Waals surface area contributed by atoms with E-state index in [-0.39, 0.29) is 36.2 Å². The second kappa shape index (κ2) is 9.61. The maximum Gasteiger partial charge on any atom is 0.224 e. The second-order valence-electron chi connectivity index (χ2n) is 9.00. The summed E-state index contributed by atoms with van der Waals surface area (Å²) in [6.45, 7) is 3.86. The van der Waals surface area contributed by atoms with Crippen LogP contribution in [0.2, 0.25) is 0 Å². The lowest BCUT2D eigenvalue weighted by atomic mass is 9.92. The van der Waals surface area contributed by atoms with Gasteiger partial charge in [-0.25, -0.2) is 8.42 Å². The summed E-state index contributed by atoms with van der Waals surface area (Å²) < 4.78 is 30.8. The molecular formula is C24H30N4O5S. The largest absolute Gasteiger partial charge is 0.464 e. The van der Waals surface area contributed by atoms with E-state index >= 15 is 0 Å². The lowest BCUT2D eigenvalue weighted by molar-refractivity contribution is -0.119. The summed E-state index contributed by atoms with van der Waals surface area (Å²) in [7, 11) is -3.10. The Labute approximate surface area is 199 Å². The molecule has 3 heterocycles. The zero-order chi connectivity index (χ0) is 24.5. The molecule has 2 aliphatic heterocycles. The van der Waals surface area contributed by atoms with Gasteiger partial charge in [-0.05, 0) is 44.4 Å². The molecule has 1 N–H and O–H groups in total. The predicted molar refractivity (Wildman–Crippen MR) is 129 cm³/mol. The summed E-state index contributed by atoms with van der Waals surface area (Å²) in [5.41, 5.74) is 3.37. The molecule has 1 aromatic heterocycles. The van der Waals surface area contributed by atoms with Gasteiger partial charge in [-0.1, -0.05) is 0 Å². The quantitative estimate of drug-likeness (QED) is 0.602. The number of anilines is 1. The van der Waals surface area contributed by atoms with E-state index in [9.17, 15) is 18.0 Å². The van der Waals surface area contributed by atoms with Crippen LogP contribution in [0.5, 0.6) is 5.75 Å². The Hall–Kier alpha value is -3.14. The van der Waals surface area contributed by atoms with Crippen LogP contribution in [-0.4, -0.2) is 54.1 Å². The highest BCUT2D eigenvalue weighted by Crippen LogP contribution is 2.43. The zero-order valence-corrected chi connectivity index (χ0v) is 20.5. The summed E-state index contributed by atoms with van der Waals surface area (Å²) in [6.07, 6.45) is 10.9. The molecule has 0 spiro atoms. The minimum Gasteiger partial charge on any atom is -0.464 e. The van der Waals surface area contributed by atoms with Crippen molar-refractivity contribution in [3.63, 3.8) is 0 Å². The Morgan fingerprint density at radius 2 is 2.09 bits per heavy atom. The lowest BCUT2D eigenvalue weighted by Gasteiger charge is -2.35. The Morgan fingerprint density at radius 1 is 1.29 bits per heavy atom. The first-order valence-corrected chi connectivity index (χ1v) is 13.5. The fourth-order valence-corrected chi connectivity index (χ4v) is 5.03. The number of aromatic nitrogens is 2. The average molecular weight is 487 g/mol. The van der Waals surface area contributed by atoms with Crippen LogP contribution in [-0.2, 0) is 32.4 Å². The number of benzene rings is 1. The fourth-order valence-electron chi connectivity index (χ4n) is 4.51. The standard InChI is InChI=1S/C24H30N4O5S/c1-16-4-6-21-22(28(16)17(2)29)8-7-20(18-14-25-27(15-18)11-13-34(3,31)32)24(21)33-12-10-19-5-9-23(30)26-19/h7-8,10,12,14-16,19H,4-6,9,11,13H2,1-3H3,(H,26,30)/b12-10+/t16-,19+/m0/s1. The van der Waals surface area contributed by atoms with Crippen molar-refractivity contribution in [1.29, 1.82) is 0 Å². The number of amides is 2. The molecule has 182 valence electrons. The van der Waals surface area contributed by atoms with Gasteiger partial charge >= 0.3 is 0 Å². The molecule has 0 aliphatic carbocycles. The van der Waals surface area contributed by atoms with E-state index < -0.39 is 9.84 Å². The Bertz CT molecular complexity index is 1230. The molecule has 4 rings (SSSR count). The summed E-state index contributed by atoms with van der Waals surface area (Å²) in [4.78, 5) is 25.7. The normalized spacial score (nSPS) is 20.4. The van der Waals surface area contributed by atoms with Gasteiger partial charge in [0, 0.05) is 48.5 Å². The first-order valence-electron chi connectivity index (χ1n) is 11.4. The van der Waals surface area contributed by atoms with E-state index in [1.165, 1.54) is 6.26 Å². The van der Waals surface area contributed by atoms with Crippen molar-refractivity contribution < 1.29 is 22.7 Å². The molecule has 0 unspecified atom stereocenters. The van der Waals surface area contributed by atoms with Gasteiger partial charge in [0.15, 0.2) is 0 Å². The topological polar surface area (TPSA) is 111 Å². The molecule has 0 radical (unpaired) electrons. The average Bonchev–Trinajstić information content (AvgIpc) is 3.40. The highest BCUT2D eigenvalue weighted by Gasteiger charge is 2.30. The van der Waals surface area contributed by atoms with E-state index in [1.807, 2.05) is 25.1 Å². The maximum absolute atomic E-state index is 12.4. The van der Waals surface area contributed by atoms with Gasteiger partial charge in [0.2, 0.25) is 11.8 Å². The number of ether oxygens (including phenoxy) is 1. The summed E-state index contributed by atoms with van der Waals surface area (Å²) >= 11 is 0. The monoisotopic (exact) mass is 486 g/mol. The van der Waals surface area contributed by atoms with Crippen LogP contribution < -0.4 is 15.0 Å². The third-order valence-corrected chi connectivity index (χ3v) is 7.17. The molecule has 2 aromatic rings. The van der Waals surface area contributed by atoms with Crippen molar-refractivity contribution in [2.45, 2.75) is 58.2 Å². The minimum atomic E-state index is -3.10. The van der Waals surface area contributed by atoms with Gasteiger partial charge < -0.3 is 15.0 Å². The molecule has 34 heavy (non-hydrogen) atoms. The van der Waals surface area contributed by atoms with Gasteiger partial charge in [-0.15, -0.1) is 0 Å². The molecular weight excluding hydrogens is 456 g/mol. The minimum absolute atomic E-state index is 0.00295. The third-order valence-electron chi connectivity index (χ3n) is 6.25. The number of rotatable bonds is 7. The number of carbonyl (C=O) groups excluding carboxylic acids is 2. The van der Waals surface area contributed by atoms with Gasteiger partial charge in [-0.3, -0.25) is 14.3 Å². The first-order chi connectivity index (χ1) is 16.1. The number of sulfone groups is 1. The van der Waals surface area contributed by atoms with E-state index in [1.54, 1.807) is 35.2 Å². The molecule has 2 aliphatic rings. The van der Waals surface area contributed by atoms with Crippen LogP contribution in [0.15, 0.2) is 36.9 Å². The predicted octanol–water partition coefficient (Wildman–Crippen LogP) is 2.45. The van der Waals surface area contributed by atoms with Crippen LogP contribution in [0.1, 0.15) is 38.7 Å². The number of fused-ring (bicyclic) bond motifs is 1. The number of nitrogens with one attached hydrogen (secondary N) is 1. The van der Waals surface area contributed by atoms with Gasteiger partial charge in [0.1, 0.15) is 15.6 Å². The number of nitrogens with zero attached hydrogens (tertiary/aromatic N) is 3. The van der Waals surface area contributed by atoms with Crippen molar-refractivity contribution in [3.8, 4) is 16.9 Å². The zero-order valence-electron chi connectivity index (χ0n) is 19.7. The van der Waals surface area contributed by atoms with Crippen molar-refractivity contribution >= 4 is 27.3 Å². The molecule has 9 nitrogen and oxygen atoms in total.